The number of nitrogens with zero attached hydrogens (tertiary/aromatic N) is 1. The van der Waals surface area contributed by atoms with Gasteiger partial charge in [0.05, 0.1) is 27.5 Å². The normalized spacial score (nSPS) is 20.3. The predicted molar refractivity (Wildman–Crippen MR) is 118 cm³/mol. The number of fused-ring (bicyclic) bond motifs is 1. The van der Waals surface area contributed by atoms with Gasteiger partial charge in [0.2, 0.25) is 0 Å². The fourth-order valence-corrected chi connectivity index (χ4v) is 4.78. The first-order valence-corrected chi connectivity index (χ1v) is 10.6. The van der Waals surface area contributed by atoms with Crippen molar-refractivity contribution >= 4 is 46.3 Å². The number of carbonyl (C=O) groups is 2. The second-order valence-electron chi connectivity index (χ2n) is 8.69. The number of rotatable bonds is 1. The van der Waals surface area contributed by atoms with Crippen LogP contribution in [0.5, 0.6) is 0 Å². The molecule has 1 aliphatic carbocycles. The van der Waals surface area contributed by atoms with Crippen molar-refractivity contribution in [2.75, 3.05) is 10.2 Å². The van der Waals surface area contributed by atoms with Crippen LogP contribution in [-0.2, 0) is 9.59 Å². The van der Waals surface area contributed by atoms with Gasteiger partial charge in [-0.25, -0.2) is 0 Å². The molecule has 4 rings (SSSR count). The number of Topliss-reactive ketones (excluding diaryl/α,β-unsaturated/α-hetero) is 1. The maximum Gasteiger partial charge on any atom is 0.471 e. The van der Waals surface area contributed by atoms with Gasteiger partial charge >= 0.3 is 12.1 Å². The summed E-state index contributed by atoms with van der Waals surface area (Å²) >= 11 is 12.6. The Balaban J connectivity index is 2.08. The van der Waals surface area contributed by atoms with Gasteiger partial charge in [-0.15, -0.1) is 0 Å². The van der Waals surface area contributed by atoms with Crippen molar-refractivity contribution in [1.82, 2.24) is 0 Å². The highest BCUT2D eigenvalue weighted by atomic mass is 35.5. The maximum atomic E-state index is 13.8. The highest BCUT2D eigenvalue weighted by molar-refractivity contribution is 6.42. The number of anilines is 2. The lowest BCUT2D eigenvalue weighted by Crippen LogP contribution is -2.45. The van der Waals surface area contributed by atoms with E-state index >= 15 is 0 Å². The van der Waals surface area contributed by atoms with E-state index < -0.39 is 23.5 Å². The molecule has 2 aromatic carbocycles. The van der Waals surface area contributed by atoms with Crippen LogP contribution >= 0.6 is 23.2 Å². The quantitative estimate of drug-likeness (QED) is 0.491. The van der Waals surface area contributed by atoms with Crippen molar-refractivity contribution in [3.63, 3.8) is 0 Å². The molecule has 2 aromatic rings. The first-order valence-electron chi connectivity index (χ1n) is 9.87. The van der Waals surface area contributed by atoms with Gasteiger partial charge in [0.25, 0.3) is 0 Å². The maximum absolute atomic E-state index is 13.8. The lowest BCUT2D eigenvalue weighted by atomic mass is 9.73. The minimum atomic E-state index is -5.18. The number of para-hydroxylation sites is 2. The Morgan fingerprint density at radius 3 is 2.47 bits per heavy atom. The average Bonchev–Trinajstić information content (AvgIpc) is 2.82. The van der Waals surface area contributed by atoms with Crippen molar-refractivity contribution < 1.29 is 22.8 Å². The van der Waals surface area contributed by atoms with Crippen LogP contribution in [0.25, 0.3) is 0 Å². The fraction of sp³-hybridized carbons (Fsp3) is 0.304. The van der Waals surface area contributed by atoms with Crippen molar-refractivity contribution in [3.05, 3.63) is 69.3 Å². The Kier molecular flexibility index (Phi) is 5.54. The lowest BCUT2D eigenvalue weighted by Gasteiger charge is -2.37. The molecule has 0 saturated carbocycles. The minimum Gasteiger partial charge on any atom is -0.357 e. The number of carbonyl (C=O) groups excluding carboxylic acids is 2. The zero-order valence-corrected chi connectivity index (χ0v) is 18.7. The predicted octanol–water partition coefficient (Wildman–Crippen LogP) is 6.70. The molecule has 0 fully saturated rings. The smallest absolute Gasteiger partial charge is 0.357 e. The first-order chi connectivity index (χ1) is 14.9. The Bertz CT molecular complexity index is 1160. The largest absolute Gasteiger partial charge is 0.471 e. The molecule has 9 heteroatoms. The molecule has 1 heterocycles. The van der Waals surface area contributed by atoms with E-state index in [9.17, 15) is 22.8 Å². The molecule has 1 aliphatic heterocycles. The SMILES string of the molecule is CC1(C)CC(=O)C2=C(C1)Nc1ccccc1N(C(=O)C(F)(F)F)[C@@H]2c1cccc(Cl)c1Cl. The number of alkyl halides is 3. The number of ketones is 1. The summed E-state index contributed by atoms with van der Waals surface area (Å²) in [5.41, 5.74) is 0.582. The van der Waals surface area contributed by atoms with E-state index in [0.717, 1.165) is 0 Å². The van der Waals surface area contributed by atoms with E-state index in [1.54, 1.807) is 12.1 Å². The molecular weight excluding hydrogens is 464 g/mol. The zero-order valence-electron chi connectivity index (χ0n) is 17.2. The summed E-state index contributed by atoms with van der Waals surface area (Å²) in [5.74, 6) is -2.45. The van der Waals surface area contributed by atoms with E-state index in [1.807, 2.05) is 13.8 Å². The summed E-state index contributed by atoms with van der Waals surface area (Å²) in [5, 5.41) is 3.24. The third-order valence-corrected chi connectivity index (χ3v) is 6.47. The number of allylic oxidation sites excluding steroid dienone is 1. The van der Waals surface area contributed by atoms with E-state index in [0.29, 0.717) is 22.7 Å². The Morgan fingerprint density at radius 2 is 1.78 bits per heavy atom. The number of hydrogen-bond donors (Lipinski definition) is 1. The van der Waals surface area contributed by atoms with Gasteiger partial charge in [0.15, 0.2) is 5.78 Å². The number of benzene rings is 2. The summed E-state index contributed by atoms with van der Waals surface area (Å²) in [7, 11) is 0. The summed E-state index contributed by atoms with van der Waals surface area (Å²) in [6.45, 7) is 3.82. The number of nitrogens with one attached hydrogen (secondary N) is 1. The van der Waals surface area contributed by atoms with Crippen molar-refractivity contribution in [2.24, 2.45) is 5.41 Å². The Hall–Kier alpha value is -2.51. The number of halogens is 5. The third kappa shape index (κ3) is 3.88. The van der Waals surface area contributed by atoms with Crippen molar-refractivity contribution in [1.29, 1.82) is 0 Å². The molecule has 1 amide bonds. The summed E-state index contributed by atoms with van der Waals surface area (Å²) in [6, 6.07) is 9.27. The molecule has 0 unspecified atom stereocenters. The number of amides is 1. The highest BCUT2D eigenvalue weighted by Gasteiger charge is 2.50. The van der Waals surface area contributed by atoms with E-state index in [4.69, 9.17) is 23.2 Å². The number of hydrogen-bond acceptors (Lipinski definition) is 3. The molecule has 0 aromatic heterocycles. The van der Waals surface area contributed by atoms with Crippen molar-refractivity contribution in [2.45, 2.75) is 38.9 Å². The standard InChI is InChI=1S/C23H19Cl2F3N2O2/c1-22(2)10-15-18(17(31)11-22)20(12-6-5-7-13(24)19(12)25)30(21(32)23(26,27)28)16-9-4-3-8-14(16)29-15/h3-9,20,29H,10-11H2,1-2H3/t20-/m1/s1. The summed E-state index contributed by atoms with van der Waals surface area (Å²) in [4.78, 5) is 26.7. The third-order valence-electron chi connectivity index (χ3n) is 5.64. The van der Waals surface area contributed by atoms with Gasteiger partial charge in [0.1, 0.15) is 0 Å². The molecular formula is C23H19Cl2F3N2O2. The van der Waals surface area contributed by atoms with Crippen LogP contribution < -0.4 is 10.2 Å². The van der Waals surface area contributed by atoms with E-state index in [-0.39, 0.29) is 39.1 Å². The Morgan fingerprint density at radius 1 is 1.09 bits per heavy atom. The van der Waals surface area contributed by atoms with Crippen LogP contribution in [0.4, 0.5) is 24.5 Å². The molecule has 0 spiro atoms. The first kappa shape index (κ1) is 22.7. The highest BCUT2D eigenvalue weighted by Crippen LogP contribution is 2.50. The molecule has 1 N–H and O–H groups in total. The molecule has 32 heavy (non-hydrogen) atoms. The second kappa shape index (κ2) is 7.81. The van der Waals surface area contributed by atoms with Crippen LogP contribution in [0, 0.1) is 5.41 Å². The topological polar surface area (TPSA) is 49.4 Å². The van der Waals surface area contributed by atoms with E-state index in [1.165, 1.54) is 30.3 Å². The van der Waals surface area contributed by atoms with Gasteiger partial charge in [-0.3, -0.25) is 14.5 Å². The monoisotopic (exact) mass is 482 g/mol. The van der Waals surface area contributed by atoms with Gasteiger partial charge in [-0.2, -0.15) is 13.2 Å². The van der Waals surface area contributed by atoms with Gasteiger partial charge in [0, 0.05) is 17.7 Å². The zero-order chi connectivity index (χ0) is 23.4. The van der Waals surface area contributed by atoms with Crippen LogP contribution in [0.1, 0.15) is 38.3 Å². The average molecular weight is 483 g/mol. The molecule has 2 aliphatic rings. The molecule has 4 nitrogen and oxygen atoms in total. The van der Waals surface area contributed by atoms with Gasteiger partial charge in [-0.1, -0.05) is 61.3 Å². The minimum absolute atomic E-state index is 0.00382. The molecule has 0 radical (unpaired) electrons. The second-order valence-corrected chi connectivity index (χ2v) is 9.48. The molecule has 1 atom stereocenters. The molecule has 0 bridgehead atoms. The summed E-state index contributed by atoms with van der Waals surface area (Å²) in [6.07, 6.45) is -4.66. The Labute approximate surface area is 193 Å². The summed E-state index contributed by atoms with van der Waals surface area (Å²) < 4.78 is 41.4. The van der Waals surface area contributed by atoms with Crippen LogP contribution in [0.15, 0.2) is 53.7 Å². The molecule has 168 valence electrons. The van der Waals surface area contributed by atoms with Gasteiger partial charge in [-0.05, 0) is 35.6 Å². The van der Waals surface area contributed by atoms with Crippen LogP contribution in [0.2, 0.25) is 10.0 Å². The molecule has 0 saturated heterocycles. The van der Waals surface area contributed by atoms with Crippen molar-refractivity contribution in [3.8, 4) is 0 Å². The van der Waals surface area contributed by atoms with Crippen LogP contribution in [0.3, 0.4) is 0 Å². The van der Waals surface area contributed by atoms with E-state index in [2.05, 4.69) is 5.32 Å². The lowest BCUT2D eigenvalue weighted by molar-refractivity contribution is -0.170. The van der Waals surface area contributed by atoms with Crippen LogP contribution in [-0.4, -0.2) is 17.9 Å². The fourth-order valence-electron chi connectivity index (χ4n) is 4.37. The van der Waals surface area contributed by atoms with Gasteiger partial charge < -0.3 is 5.32 Å².